The number of hydroxylamine groups is 2. The highest BCUT2D eigenvalue weighted by molar-refractivity contribution is 5.91. The van der Waals surface area contributed by atoms with Crippen LogP contribution < -0.4 is 14.5 Å². The van der Waals surface area contributed by atoms with Crippen LogP contribution in [0.2, 0.25) is 0 Å². The zero-order chi connectivity index (χ0) is 14.4. The summed E-state index contributed by atoms with van der Waals surface area (Å²) in [6, 6.07) is 16.1. The molecule has 0 aliphatic rings. The van der Waals surface area contributed by atoms with Gasteiger partial charge in [-0.05, 0) is 24.3 Å². The number of hydrogen-bond donors (Lipinski definition) is 1. The number of amides is 2. The van der Waals surface area contributed by atoms with Crippen LogP contribution in [0.3, 0.4) is 0 Å². The Labute approximate surface area is 114 Å². The molecule has 6 heteroatoms. The van der Waals surface area contributed by atoms with Crippen LogP contribution in [0.4, 0.5) is 9.59 Å². The molecule has 0 atom stereocenters. The quantitative estimate of drug-likeness (QED) is 0.517. The van der Waals surface area contributed by atoms with Crippen molar-refractivity contribution in [2.75, 3.05) is 0 Å². The molecule has 20 heavy (non-hydrogen) atoms. The maximum Gasteiger partial charge on any atom is 0.623 e. The highest BCUT2D eigenvalue weighted by atomic mass is 16.7. The van der Waals surface area contributed by atoms with Crippen LogP contribution in [0, 0.1) is 0 Å². The predicted octanol–water partition coefficient (Wildman–Crippen LogP) is 2.91. The van der Waals surface area contributed by atoms with Gasteiger partial charge in [0, 0.05) is 0 Å². The van der Waals surface area contributed by atoms with Gasteiger partial charge < -0.3 is 9.47 Å². The van der Waals surface area contributed by atoms with Gasteiger partial charge in [-0.25, -0.2) is 0 Å². The normalized spacial score (nSPS) is 10.1. The van der Waals surface area contributed by atoms with Gasteiger partial charge in [0.1, 0.15) is 11.5 Å². The van der Waals surface area contributed by atoms with Crippen LogP contribution in [0.25, 0.3) is 0 Å². The van der Waals surface area contributed by atoms with Crippen LogP contribution >= 0.6 is 0 Å². The lowest BCUT2D eigenvalue weighted by Crippen LogP contribution is -2.43. The van der Waals surface area contributed by atoms with Crippen LogP contribution in [0.1, 0.15) is 0 Å². The van der Waals surface area contributed by atoms with Gasteiger partial charge in [-0.1, -0.05) is 36.4 Å². The van der Waals surface area contributed by atoms with E-state index >= 15 is 0 Å². The van der Waals surface area contributed by atoms with E-state index in [0.29, 0.717) is 0 Å². The Kier molecular flexibility index (Phi) is 4.43. The van der Waals surface area contributed by atoms with Gasteiger partial charge in [0.15, 0.2) is 0 Å². The molecule has 101 valence electrons. The average Bonchev–Trinajstić information content (AvgIpc) is 2.48. The van der Waals surface area contributed by atoms with Gasteiger partial charge >= 0.3 is 12.2 Å². The molecule has 0 bridgehead atoms. The Morgan fingerprint density at radius 3 is 1.45 bits per heavy atom. The Balaban J connectivity index is 1.95. The van der Waals surface area contributed by atoms with E-state index in [4.69, 9.17) is 9.47 Å². The Morgan fingerprint density at radius 2 is 1.10 bits per heavy atom. The fourth-order valence-electron chi connectivity index (χ4n) is 1.34. The summed E-state index contributed by atoms with van der Waals surface area (Å²) in [5.74, 6) is 0.396. The fourth-order valence-corrected chi connectivity index (χ4v) is 1.34. The summed E-state index contributed by atoms with van der Waals surface area (Å²) >= 11 is 0. The second-order valence-electron chi connectivity index (χ2n) is 3.67. The van der Waals surface area contributed by atoms with Crippen LogP contribution in [0.5, 0.6) is 11.5 Å². The second kappa shape index (κ2) is 6.46. The number of carbonyl (C=O) groups excluding carboxylic acids is 2. The van der Waals surface area contributed by atoms with Crippen molar-refractivity contribution < 1.29 is 24.3 Å². The zero-order valence-electron chi connectivity index (χ0n) is 10.3. The minimum Gasteiger partial charge on any atom is -0.374 e. The molecule has 0 saturated heterocycles. The number of para-hydroxylation sites is 2. The number of hydrogen-bond acceptors (Lipinski definition) is 5. The van der Waals surface area contributed by atoms with E-state index in [1.54, 1.807) is 36.4 Å². The summed E-state index contributed by atoms with van der Waals surface area (Å²) in [5.41, 5.74) is 0. The maximum absolute atomic E-state index is 11.5. The summed E-state index contributed by atoms with van der Waals surface area (Å²) in [7, 11) is 0. The average molecular weight is 273 g/mol. The fraction of sp³-hybridized carbons (Fsp3) is 0. The molecule has 0 aliphatic carbocycles. The summed E-state index contributed by atoms with van der Waals surface area (Å²) in [6.45, 7) is 0. The second-order valence-corrected chi connectivity index (χ2v) is 3.67. The standard InChI is InChI=1S/C14H11NO5/c16-13(19-11-7-3-1-4-8-11)15(18)14(17)20-12-9-5-2-6-10-12/h1-10,18H/q+1. The zero-order valence-corrected chi connectivity index (χ0v) is 10.3. The number of imide groups is 1. The van der Waals surface area contributed by atoms with Crippen molar-refractivity contribution in [3.05, 3.63) is 60.7 Å². The molecule has 0 unspecified atom stereocenters. The summed E-state index contributed by atoms with van der Waals surface area (Å²) in [6.07, 6.45) is -2.51. The molecule has 6 nitrogen and oxygen atoms in total. The molecular formula is C14H11NO5+. The van der Waals surface area contributed by atoms with E-state index in [2.05, 4.69) is 0 Å². The smallest absolute Gasteiger partial charge is 0.374 e. The van der Waals surface area contributed by atoms with E-state index in [-0.39, 0.29) is 16.6 Å². The van der Waals surface area contributed by atoms with Crippen LogP contribution in [-0.4, -0.2) is 17.4 Å². The third-order valence-corrected chi connectivity index (χ3v) is 2.24. The molecule has 2 amide bonds. The summed E-state index contributed by atoms with van der Waals surface area (Å²) in [4.78, 5) is 23.0. The first-order chi connectivity index (χ1) is 9.66. The minimum absolute atomic E-state index is 0.198. The number of nitrogens with zero attached hydrogens (tertiary/aromatic N) is 1. The van der Waals surface area contributed by atoms with Gasteiger partial charge in [0.2, 0.25) is 5.06 Å². The molecular weight excluding hydrogens is 262 g/mol. The first kappa shape index (κ1) is 13.7. The van der Waals surface area contributed by atoms with Crippen LogP contribution in [-0.2, 0) is 0 Å². The topological polar surface area (TPSA) is 78.7 Å². The maximum atomic E-state index is 11.5. The predicted molar refractivity (Wildman–Crippen MR) is 68.9 cm³/mol. The van der Waals surface area contributed by atoms with Gasteiger partial charge in [-0.3, -0.25) is 0 Å². The monoisotopic (exact) mass is 273 g/mol. The molecule has 0 fully saturated rings. The third kappa shape index (κ3) is 3.64. The van der Waals surface area contributed by atoms with Gasteiger partial charge in [0.05, 0.1) is 0 Å². The Bertz CT molecular complexity index is 532. The number of ether oxygens (including phenoxy) is 2. The van der Waals surface area contributed by atoms with Crippen molar-refractivity contribution in [1.82, 2.24) is 5.06 Å². The molecule has 1 N–H and O–H groups in total. The lowest BCUT2D eigenvalue weighted by molar-refractivity contribution is 0.0343. The van der Waals surface area contributed by atoms with E-state index in [9.17, 15) is 14.8 Å². The molecule has 0 aliphatic heterocycles. The van der Waals surface area contributed by atoms with Crippen molar-refractivity contribution in [2.24, 2.45) is 0 Å². The number of rotatable bonds is 2. The van der Waals surface area contributed by atoms with E-state index in [1.807, 2.05) is 0 Å². The SMILES string of the molecule is O=C(Oc1ccccc1)[N+](O)C(=O)Oc1ccccc1. The van der Waals surface area contributed by atoms with Crippen molar-refractivity contribution in [3.8, 4) is 11.5 Å². The number of carbonyl (C=O) groups is 2. The van der Waals surface area contributed by atoms with Gasteiger partial charge in [-0.2, -0.15) is 9.59 Å². The van der Waals surface area contributed by atoms with E-state index < -0.39 is 12.2 Å². The van der Waals surface area contributed by atoms with E-state index in [0.717, 1.165) is 0 Å². The first-order valence-electron chi connectivity index (χ1n) is 5.69. The Hall–Kier alpha value is -2.70. The van der Waals surface area contributed by atoms with Gasteiger partial charge in [-0.15, -0.1) is 5.21 Å². The first-order valence-corrected chi connectivity index (χ1v) is 5.69. The lowest BCUT2D eigenvalue weighted by atomic mass is 10.3. The van der Waals surface area contributed by atoms with Crippen molar-refractivity contribution >= 4 is 12.2 Å². The summed E-state index contributed by atoms with van der Waals surface area (Å²) in [5, 5.41) is 9.16. The van der Waals surface area contributed by atoms with Crippen molar-refractivity contribution in [2.45, 2.75) is 0 Å². The molecule has 0 saturated carbocycles. The highest BCUT2D eigenvalue weighted by Gasteiger charge is 2.41. The lowest BCUT2D eigenvalue weighted by Gasteiger charge is -2.01. The highest BCUT2D eigenvalue weighted by Crippen LogP contribution is 2.11. The van der Waals surface area contributed by atoms with Crippen molar-refractivity contribution in [1.29, 1.82) is 0 Å². The third-order valence-electron chi connectivity index (χ3n) is 2.24. The molecule has 0 spiro atoms. The Morgan fingerprint density at radius 1 is 0.750 bits per heavy atom. The summed E-state index contributed by atoms with van der Waals surface area (Å²) < 4.78 is 9.54. The number of benzene rings is 2. The largest absolute Gasteiger partial charge is 0.623 e. The molecule has 1 radical (unpaired) electrons. The molecule has 2 aromatic rings. The molecule has 0 aromatic heterocycles. The van der Waals surface area contributed by atoms with Crippen molar-refractivity contribution in [3.63, 3.8) is 0 Å². The minimum atomic E-state index is -1.25. The molecule has 0 heterocycles. The van der Waals surface area contributed by atoms with E-state index in [1.165, 1.54) is 24.3 Å². The van der Waals surface area contributed by atoms with Crippen LogP contribution in [0.15, 0.2) is 60.7 Å². The molecule has 2 rings (SSSR count). The van der Waals surface area contributed by atoms with Gasteiger partial charge in [0.25, 0.3) is 0 Å². The molecule has 2 aromatic carbocycles.